The number of nitrogens with two attached hydrogens (primary N) is 1. The molecule has 0 aliphatic rings. The third kappa shape index (κ3) is 5.48. The van der Waals surface area contributed by atoms with Gasteiger partial charge in [0.05, 0.1) is 11.1 Å². The Balaban J connectivity index is 1.22. The summed E-state index contributed by atoms with van der Waals surface area (Å²) >= 11 is 0. The number of nitrogens with one attached hydrogen (secondary N) is 2. The number of rotatable bonds is 6. The summed E-state index contributed by atoms with van der Waals surface area (Å²) in [7, 11) is 0. The summed E-state index contributed by atoms with van der Waals surface area (Å²) in [5, 5.41) is 14.9. The Labute approximate surface area is 241 Å². The molecule has 0 saturated heterocycles. The number of urea groups is 1. The number of carbonyl (C=O) groups excluding carboxylic acids is 1. The normalized spacial score (nSPS) is 11.4. The molecule has 0 aliphatic heterocycles. The minimum Gasteiger partial charge on any atom is -0.457 e. The predicted octanol–water partition coefficient (Wildman–Crippen LogP) is 6.79. The Morgan fingerprint density at radius 3 is 2.31 bits per heavy atom. The molecular formula is C31H28N8O3. The van der Waals surface area contributed by atoms with E-state index in [0.717, 1.165) is 17.0 Å². The zero-order chi connectivity index (χ0) is 29.3. The van der Waals surface area contributed by atoms with E-state index in [1.54, 1.807) is 22.9 Å². The largest absolute Gasteiger partial charge is 0.457 e. The summed E-state index contributed by atoms with van der Waals surface area (Å²) in [5.41, 5.74) is 9.41. The van der Waals surface area contributed by atoms with Gasteiger partial charge in [0.25, 0.3) is 0 Å². The second-order valence-electron chi connectivity index (χ2n) is 10.6. The molecular weight excluding hydrogens is 532 g/mol. The van der Waals surface area contributed by atoms with Gasteiger partial charge in [-0.3, -0.25) is 5.32 Å². The quantitative estimate of drug-likeness (QED) is 0.202. The molecule has 4 N–H and O–H groups in total. The second-order valence-corrected chi connectivity index (χ2v) is 10.6. The lowest BCUT2D eigenvalue weighted by Crippen LogP contribution is -2.19. The molecule has 0 saturated carbocycles. The lowest BCUT2D eigenvalue weighted by atomic mass is 9.93. The van der Waals surface area contributed by atoms with Crippen LogP contribution in [0, 0.1) is 0 Å². The molecule has 0 spiro atoms. The summed E-state index contributed by atoms with van der Waals surface area (Å²) in [6.07, 6.45) is 1.41. The van der Waals surface area contributed by atoms with Crippen molar-refractivity contribution in [2.24, 2.45) is 0 Å². The van der Waals surface area contributed by atoms with Crippen molar-refractivity contribution >= 4 is 34.4 Å². The van der Waals surface area contributed by atoms with Crippen molar-refractivity contribution in [3.05, 3.63) is 97.0 Å². The standard InChI is InChI=1S/C31H28N8O3/c1-31(2,3)24-17-25(38-42-24)36-30(40)35-20-11-13-21(14-12-20)39-29-26(28(32)33-18-34-29)27(37-39)19-9-15-23(16-10-19)41-22-7-5-4-6-8-22/h4-18H,1-3H3,(H2,32,33,34)(H2,35,36,38,40). The molecule has 2 amide bonds. The van der Waals surface area contributed by atoms with Crippen molar-refractivity contribution in [1.82, 2.24) is 24.9 Å². The van der Waals surface area contributed by atoms with E-state index in [4.69, 9.17) is 20.1 Å². The van der Waals surface area contributed by atoms with Crippen LogP contribution >= 0.6 is 0 Å². The van der Waals surface area contributed by atoms with E-state index in [1.807, 2.05) is 87.5 Å². The third-order valence-corrected chi connectivity index (χ3v) is 6.46. The van der Waals surface area contributed by atoms with E-state index in [9.17, 15) is 4.79 Å². The summed E-state index contributed by atoms with van der Waals surface area (Å²) in [6.45, 7) is 6.01. The smallest absolute Gasteiger partial charge is 0.324 e. The van der Waals surface area contributed by atoms with Crippen LogP contribution in [0.3, 0.4) is 0 Å². The number of benzene rings is 3. The molecule has 0 fully saturated rings. The van der Waals surface area contributed by atoms with Crippen molar-refractivity contribution < 1.29 is 14.1 Å². The van der Waals surface area contributed by atoms with Crippen molar-refractivity contribution in [3.63, 3.8) is 0 Å². The highest BCUT2D eigenvalue weighted by Crippen LogP contribution is 2.33. The maximum Gasteiger partial charge on any atom is 0.324 e. The Hall–Kier alpha value is -5.71. The maximum absolute atomic E-state index is 12.5. The Morgan fingerprint density at radius 2 is 1.62 bits per heavy atom. The summed E-state index contributed by atoms with van der Waals surface area (Å²) < 4.78 is 12.9. The van der Waals surface area contributed by atoms with Gasteiger partial charge in [0.2, 0.25) is 0 Å². The fourth-order valence-electron chi connectivity index (χ4n) is 4.31. The minimum atomic E-state index is -0.441. The Morgan fingerprint density at radius 1 is 0.905 bits per heavy atom. The molecule has 0 radical (unpaired) electrons. The van der Waals surface area contributed by atoms with Gasteiger partial charge in [0, 0.05) is 22.7 Å². The van der Waals surface area contributed by atoms with Crippen LogP contribution in [0.4, 0.5) is 22.1 Å². The number of hydrogen-bond acceptors (Lipinski definition) is 8. The second kappa shape index (κ2) is 10.7. The molecule has 3 aromatic carbocycles. The van der Waals surface area contributed by atoms with Crippen LogP contribution in [0.1, 0.15) is 26.5 Å². The number of aromatic nitrogens is 5. The van der Waals surface area contributed by atoms with Gasteiger partial charge in [0.15, 0.2) is 11.5 Å². The van der Waals surface area contributed by atoms with Gasteiger partial charge in [0.1, 0.15) is 35.1 Å². The number of anilines is 3. The van der Waals surface area contributed by atoms with Crippen molar-refractivity contribution in [2.75, 3.05) is 16.4 Å². The number of carbonyl (C=O) groups is 1. The molecule has 42 heavy (non-hydrogen) atoms. The molecule has 3 aromatic heterocycles. The number of ether oxygens (including phenoxy) is 1. The van der Waals surface area contributed by atoms with Crippen LogP contribution in [0.15, 0.2) is 95.8 Å². The third-order valence-electron chi connectivity index (χ3n) is 6.46. The van der Waals surface area contributed by atoms with Crippen LogP contribution in [0.5, 0.6) is 11.5 Å². The van der Waals surface area contributed by atoms with E-state index < -0.39 is 6.03 Å². The first-order valence-corrected chi connectivity index (χ1v) is 13.2. The van der Waals surface area contributed by atoms with Gasteiger partial charge in [-0.2, -0.15) is 5.10 Å². The number of fused-ring (bicyclic) bond motifs is 1. The van der Waals surface area contributed by atoms with Crippen LogP contribution in [0.25, 0.3) is 28.0 Å². The topological polar surface area (TPSA) is 146 Å². The fraction of sp³-hybridized carbons (Fsp3) is 0.129. The van der Waals surface area contributed by atoms with Crippen molar-refractivity contribution in [1.29, 1.82) is 0 Å². The number of amides is 2. The SMILES string of the molecule is CC(C)(C)c1cc(NC(=O)Nc2ccc(-n3nc(-c4ccc(Oc5ccccc5)cc4)c4c(N)ncnc43)cc2)no1. The van der Waals surface area contributed by atoms with Crippen LogP contribution in [0.2, 0.25) is 0 Å². The average Bonchev–Trinajstić information content (AvgIpc) is 3.61. The summed E-state index contributed by atoms with van der Waals surface area (Å²) in [5.74, 6) is 2.78. The number of nitrogens with zero attached hydrogens (tertiary/aromatic N) is 5. The van der Waals surface area contributed by atoms with Crippen LogP contribution in [-0.4, -0.2) is 30.9 Å². The minimum absolute atomic E-state index is 0.217. The van der Waals surface area contributed by atoms with Crippen molar-refractivity contribution in [2.45, 2.75) is 26.2 Å². The number of hydrogen-bond donors (Lipinski definition) is 3. The first-order chi connectivity index (χ1) is 20.2. The molecule has 0 unspecified atom stereocenters. The number of para-hydroxylation sites is 1. The van der Waals surface area contributed by atoms with E-state index >= 15 is 0 Å². The van der Waals surface area contributed by atoms with E-state index in [0.29, 0.717) is 45.6 Å². The highest BCUT2D eigenvalue weighted by molar-refractivity contribution is 6.00. The fourth-order valence-corrected chi connectivity index (χ4v) is 4.31. The van der Waals surface area contributed by atoms with Gasteiger partial charge in [-0.25, -0.2) is 19.4 Å². The van der Waals surface area contributed by atoms with E-state index in [-0.39, 0.29) is 5.41 Å². The highest BCUT2D eigenvalue weighted by Gasteiger charge is 2.21. The van der Waals surface area contributed by atoms with Gasteiger partial charge in [-0.15, -0.1) is 0 Å². The molecule has 11 heteroatoms. The molecule has 6 aromatic rings. The van der Waals surface area contributed by atoms with Gasteiger partial charge < -0.3 is 20.3 Å². The molecule has 3 heterocycles. The Kier molecular flexibility index (Phi) is 6.75. The van der Waals surface area contributed by atoms with E-state index in [2.05, 4.69) is 25.8 Å². The Bertz CT molecular complexity index is 1860. The zero-order valence-electron chi connectivity index (χ0n) is 23.2. The lowest BCUT2D eigenvalue weighted by molar-refractivity contribution is 0.262. The first-order valence-electron chi connectivity index (χ1n) is 13.2. The van der Waals surface area contributed by atoms with Gasteiger partial charge in [-0.05, 0) is 60.7 Å². The molecule has 0 atom stereocenters. The van der Waals surface area contributed by atoms with E-state index in [1.165, 1.54) is 6.33 Å². The summed E-state index contributed by atoms with van der Waals surface area (Å²) in [4.78, 5) is 21.2. The lowest BCUT2D eigenvalue weighted by Gasteiger charge is -2.12. The summed E-state index contributed by atoms with van der Waals surface area (Å²) in [6, 6.07) is 25.6. The maximum atomic E-state index is 12.5. The van der Waals surface area contributed by atoms with Crippen LogP contribution < -0.4 is 21.1 Å². The molecule has 210 valence electrons. The van der Waals surface area contributed by atoms with Crippen LogP contribution in [-0.2, 0) is 5.41 Å². The van der Waals surface area contributed by atoms with Crippen molar-refractivity contribution in [3.8, 4) is 28.4 Å². The number of nitrogen functional groups attached to an aromatic ring is 1. The average molecular weight is 561 g/mol. The zero-order valence-corrected chi connectivity index (χ0v) is 23.2. The molecule has 6 rings (SSSR count). The molecule has 0 aliphatic carbocycles. The predicted molar refractivity (Wildman–Crippen MR) is 161 cm³/mol. The van der Waals surface area contributed by atoms with Gasteiger partial charge >= 0.3 is 6.03 Å². The monoisotopic (exact) mass is 560 g/mol. The molecule has 0 bridgehead atoms. The van der Waals surface area contributed by atoms with Gasteiger partial charge in [-0.1, -0.05) is 44.1 Å². The highest BCUT2D eigenvalue weighted by atomic mass is 16.5. The molecule has 11 nitrogen and oxygen atoms in total. The first kappa shape index (κ1) is 26.5.